The van der Waals surface area contributed by atoms with E-state index in [2.05, 4.69) is 0 Å². The molecule has 2 amide bonds. The van der Waals surface area contributed by atoms with Gasteiger partial charge in [0.2, 0.25) is 0 Å². The molecule has 0 saturated heterocycles. The van der Waals surface area contributed by atoms with Crippen LogP contribution in [0.3, 0.4) is 0 Å². The summed E-state index contributed by atoms with van der Waals surface area (Å²) in [5.74, 6) is -0.993. The third-order valence-electron chi connectivity index (χ3n) is 3.44. The van der Waals surface area contributed by atoms with E-state index in [-0.39, 0.29) is 16.8 Å². The first-order valence-electron chi connectivity index (χ1n) is 6.23. The molecule has 2 aromatic carbocycles. The number of aryl methyl sites for hydroxylation is 1. The molecule has 0 radical (unpaired) electrons. The van der Waals surface area contributed by atoms with Crippen LogP contribution in [0.15, 0.2) is 42.5 Å². The predicted octanol–water partition coefficient (Wildman–Crippen LogP) is 2.70. The third kappa shape index (κ3) is 1.88. The fraction of sp³-hybridized carbons (Fsp3) is 0.0667. The number of benzene rings is 2. The van der Waals surface area contributed by atoms with Crippen molar-refractivity contribution in [3.8, 4) is 0 Å². The van der Waals surface area contributed by atoms with Crippen molar-refractivity contribution in [2.45, 2.75) is 6.92 Å². The van der Waals surface area contributed by atoms with Crippen molar-refractivity contribution in [1.29, 1.82) is 0 Å². The standard InChI is InChI=1S/C15H10N2O4/c1-9-4-2-3-5-13(9)16-14(18)11-7-6-10(17(20)21)8-12(11)15(16)19/h2-8H,1H3. The zero-order valence-electron chi connectivity index (χ0n) is 11.1. The summed E-state index contributed by atoms with van der Waals surface area (Å²) in [5.41, 5.74) is 1.32. The Labute approximate surface area is 119 Å². The van der Waals surface area contributed by atoms with Crippen molar-refractivity contribution in [3.05, 3.63) is 69.3 Å². The Morgan fingerprint density at radius 1 is 1.00 bits per heavy atom. The Morgan fingerprint density at radius 2 is 1.67 bits per heavy atom. The van der Waals surface area contributed by atoms with Crippen molar-refractivity contribution >= 4 is 23.2 Å². The van der Waals surface area contributed by atoms with Crippen LogP contribution >= 0.6 is 0 Å². The van der Waals surface area contributed by atoms with Gasteiger partial charge >= 0.3 is 0 Å². The number of carbonyl (C=O) groups excluding carboxylic acids is 2. The number of rotatable bonds is 2. The van der Waals surface area contributed by atoms with Crippen molar-refractivity contribution in [2.75, 3.05) is 4.90 Å². The number of nitrogens with zero attached hydrogens (tertiary/aromatic N) is 2. The van der Waals surface area contributed by atoms with Gasteiger partial charge < -0.3 is 0 Å². The number of nitro benzene ring substituents is 1. The van der Waals surface area contributed by atoms with Crippen LogP contribution in [-0.2, 0) is 0 Å². The van der Waals surface area contributed by atoms with Crippen molar-refractivity contribution < 1.29 is 14.5 Å². The maximum Gasteiger partial charge on any atom is 0.270 e. The first-order valence-corrected chi connectivity index (χ1v) is 6.23. The van der Waals surface area contributed by atoms with E-state index in [1.807, 2.05) is 6.07 Å². The lowest BCUT2D eigenvalue weighted by Gasteiger charge is -2.16. The number of para-hydroxylation sites is 1. The van der Waals surface area contributed by atoms with Crippen LogP contribution in [0.4, 0.5) is 11.4 Å². The summed E-state index contributed by atoms with van der Waals surface area (Å²) in [4.78, 5) is 36.1. The molecule has 6 nitrogen and oxygen atoms in total. The normalized spacial score (nSPS) is 13.5. The summed E-state index contributed by atoms with van der Waals surface area (Å²) in [6.07, 6.45) is 0. The van der Waals surface area contributed by atoms with Crippen LogP contribution in [-0.4, -0.2) is 16.7 Å². The smallest absolute Gasteiger partial charge is 0.268 e. The Morgan fingerprint density at radius 3 is 2.33 bits per heavy atom. The van der Waals surface area contributed by atoms with Gasteiger partial charge in [-0.3, -0.25) is 19.7 Å². The van der Waals surface area contributed by atoms with Crippen molar-refractivity contribution in [3.63, 3.8) is 0 Å². The van der Waals surface area contributed by atoms with Crippen molar-refractivity contribution in [2.24, 2.45) is 0 Å². The molecule has 1 aliphatic heterocycles. The minimum Gasteiger partial charge on any atom is -0.268 e. The number of nitro groups is 1. The van der Waals surface area contributed by atoms with Gasteiger partial charge in [0.05, 0.1) is 21.7 Å². The van der Waals surface area contributed by atoms with E-state index < -0.39 is 16.7 Å². The molecule has 0 atom stereocenters. The van der Waals surface area contributed by atoms with Gasteiger partial charge in [0.15, 0.2) is 0 Å². The van der Waals surface area contributed by atoms with Crippen LogP contribution in [0.1, 0.15) is 26.3 Å². The highest BCUT2D eigenvalue weighted by Crippen LogP contribution is 2.32. The largest absolute Gasteiger partial charge is 0.270 e. The molecular formula is C15H10N2O4. The molecule has 0 aliphatic carbocycles. The Balaban J connectivity index is 2.13. The number of imide groups is 1. The quantitative estimate of drug-likeness (QED) is 0.482. The van der Waals surface area contributed by atoms with E-state index >= 15 is 0 Å². The number of anilines is 1. The zero-order valence-corrected chi connectivity index (χ0v) is 11.1. The van der Waals surface area contributed by atoms with Crippen LogP contribution in [0.5, 0.6) is 0 Å². The predicted molar refractivity (Wildman–Crippen MR) is 75.4 cm³/mol. The average molecular weight is 282 g/mol. The number of carbonyl (C=O) groups is 2. The molecule has 21 heavy (non-hydrogen) atoms. The fourth-order valence-corrected chi connectivity index (χ4v) is 2.38. The van der Waals surface area contributed by atoms with E-state index in [9.17, 15) is 19.7 Å². The third-order valence-corrected chi connectivity index (χ3v) is 3.44. The molecule has 0 spiro atoms. The lowest BCUT2D eigenvalue weighted by atomic mass is 10.1. The molecule has 0 saturated carbocycles. The van der Waals surface area contributed by atoms with Gasteiger partial charge in [0.25, 0.3) is 17.5 Å². The highest BCUT2D eigenvalue weighted by molar-refractivity contribution is 6.34. The minimum absolute atomic E-state index is 0.0671. The molecule has 0 N–H and O–H groups in total. The summed E-state index contributed by atoms with van der Waals surface area (Å²) < 4.78 is 0. The summed E-state index contributed by atoms with van der Waals surface area (Å²) in [7, 11) is 0. The first kappa shape index (κ1) is 13.0. The lowest BCUT2D eigenvalue weighted by molar-refractivity contribution is -0.384. The summed E-state index contributed by atoms with van der Waals surface area (Å²) in [6.45, 7) is 1.79. The topological polar surface area (TPSA) is 80.5 Å². The minimum atomic E-state index is -0.589. The molecule has 6 heteroatoms. The lowest BCUT2D eigenvalue weighted by Crippen LogP contribution is -2.29. The number of non-ortho nitro benzene ring substituents is 1. The molecule has 0 unspecified atom stereocenters. The van der Waals surface area contributed by atoms with Crippen LogP contribution < -0.4 is 4.90 Å². The maximum atomic E-state index is 12.4. The molecule has 0 fully saturated rings. The molecule has 2 aromatic rings. The molecule has 104 valence electrons. The molecular weight excluding hydrogens is 272 g/mol. The van der Waals surface area contributed by atoms with Gasteiger partial charge in [-0.2, -0.15) is 0 Å². The monoisotopic (exact) mass is 282 g/mol. The Bertz CT molecular complexity index is 798. The molecule has 0 aromatic heterocycles. The van der Waals surface area contributed by atoms with Gasteiger partial charge in [-0.25, -0.2) is 4.90 Å². The van der Waals surface area contributed by atoms with Crippen LogP contribution in [0.2, 0.25) is 0 Å². The molecule has 1 aliphatic rings. The van der Waals surface area contributed by atoms with Gasteiger partial charge in [0, 0.05) is 12.1 Å². The van der Waals surface area contributed by atoms with Crippen molar-refractivity contribution in [1.82, 2.24) is 0 Å². The molecule has 3 rings (SSSR count). The van der Waals surface area contributed by atoms with Gasteiger partial charge in [-0.15, -0.1) is 0 Å². The zero-order chi connectivity index (χ0) is 15.1. The average Bonchev–Trinajstić information content (AvgIpc) is 2.71. The Kier molecular flexibility index (Phi) is 2.79. The van der Waals surface area contributed by atoms with Crippen LogP contribution in [0, 0.1) is 17.0 Å². The second-order valence-electron chi connectivity index (χ2n) is 4.72. The summed E-state index contributed by atoms with van der Waals surface area (Å²) in [6, 6.07) is 10.7. The van der Waals surface area contributed by atoms with E-state index in [0.29, 0.717) is 5.69 Å². The number of hydrogen-bond donors (Lipinski definition) is 0. The van der Waals surface area contributed by atoms with E-state index in [0.717, 1.165) is 16.5 Å². The van der Waals surface area contributed by atoms with Gasteiger partial charge in [0.1, 0.15) is 0 Å². The number of hydrogen-bond acceptors (Lipinski definition) is 4. The van der Waals surface area contributed by atoms with Gasteiger partial charge in [-0.1, -0.05) is 18.2 Å². The second kappa shape index (κ2) is 4.52. The number of amides is 2. The summed E-state index contributed by atoms with van der Waals surface area (Å²) in [5, 5.41) is 10.8. The SMILES string of the molecule is Cc1ccccc1N1C(=O)c2ccc([N+](=O)[O-])cc2C1=O. The Hall–Kier alpha value is -3.02. The molecule has 1 heterocycles. The van der Waals surface area contributed by atoms with E-state index in [1.165, 1.54) is 12.1 Å². The maximum absolute atomic E-state index is 12.4. The van der Waals surface area contributed by atoms with Gasteiger partial charge in [-0.05, 0) is 24.6 Å². The second-order valence-corrected chi connectivity index (χ2v) is 4.72. The van der Waals surface area contributed by atoms with Crippen LogP contribution in [0.25, 0.3) is 0 Å². The highest BCUT2D eigenvalue weighted by atomic mass is 16.6. The first-order chi connectivity index (χ1) is 10.0. The fourth-order valence-electron chi connectivity index (χ4n) is 2.38. The number of fused-ring (bicyclic) bond motifs is 1. The highest BCUT2D eigenvalue weighted by Gasteiger charge is 2.38. The molecule has 0 bridgehead atoms. The van der Waals surface area contributed by atoms with E-state index in [1.54, 1.807) is 25.1 Å². The van der Waals surface area contributed by atoms with E-state index in [4.69, 9.17) is 0 Å². The summed E-state index contributed by atoms with van der Waals surface area (Å²) >= 11 is 0.